The molecule has 3 aromatic carbocycles. The van der Waals surface area contributed by atoms with Crippen molar-refractivity contribution < 1.29 is 4.92 Å². The fraction of sp³-hybridized carbons (Fsp3) is 0.136. The van der Waals surface area contributed by atoms with E-state index in [2.05, 4.69) is 53.2 Å². The molecule has 0 amide bonds. The molecule has 3 aromatic rings. The van der Waals surface area contributed by atoms with Crippen LogP contribution in [0.4, 0.5) is 17.1 Å². The van der Waals surface area contributed by atoms with Crippen LogP contribution in [0, 0.1) is 10.1 Å². The normalized spacial score (nSPS) is 10.9. The van der Waals surface area contributed by atoms with Gasteiger partial charge >= 0.3 is 0 Å². The Labute approximate surface area is 158 Å². The Balaban J connectivity index is 1.67. The molecular weight excluding hydrogens is 338 g/mol. The summed E-state index contributed by atoms with van der Waals surface area (Å²) in [6.45, 7) is 3.94. The van der Waals surface area contributed by atoms with Crippen molar-refractivity contribution in [2.45, 2.75) is 13.5 Å². The summed E-state index contributed by atoms with van der Waals surface area (Å²) >= 11 is 0. The number of nitro groups is 1. The van der Waals surface area contributed by atoms with Crippen molar-refractivity contribution in [1.29, 1.82) is 0 Å². The summed E-state index contributed by atoms with van der Waals surface area (Å²) < 4.78 is 0. The molecule has 0 saturated carbocycles. The van der Waals surface area contributed by atoms with Crippen LogP contribution in [-0.2, 0) is 6.54 Å². The van der Waals surface area contributed by atoms with Gasteiger partial charge < -0.3 is 4.90 Å². The van der Waals surface area contributed by atoms with E-state index >= 15 is 0 Å². The molecule has 5 heteroatoms. The van der Waals surface area contributed by atoms with Crippen LogP contribution in [0.2, 0.25) is 0 Å². The van der Waals surface area contributed by atoms with E-state index in [0.29, 0.717) is 5.69 Å². The third-order valence-corrected chi connectivity index (χ3v) is 4.28. The van der Waals surface area contributed by atoms with Crippen LogP contribution in [0.15, 0.2) is 83.9 Å². The zero-order valence-corrected chi connectivity index (χ0v) is 15.2. The third kappa shape index (κ3) is 5.01. The maximum absolute atomic E-state index is 10.7. The van der Waals surface area contributed by atoms with Crippen LogP contribution in [0.5, 0.6) is 0 Å². The summed E-state index contributed by atoms with van der Waals surface area (Å²) in [6.07, 6.45) is 1.76. The lowest BCUT2D eigenvalue weighted by atomic mass is 10.1. The van der Waals surface area contributed by atoms with Crippen LogP contribution in [0.3, 0.4) is 0 Å². The summed E-state index contributed by atoms with van der Waals surface area (Å²) in [5, 5.41) is 10.7. The number of non-ortho nitro benzene ring substituents is 1. The SMILES string of the molecule is CCN(Cc1ccccc1)c1ccc(C=Nc2ccc([N+](=O)[O-])cc2)cc1. The first-order chi connectivity index (χ1) is 13.2. The van der Waals surface area contributed by atoms with E-state index < -0.39 is 4.92 Å². The molecule has 0 radical (unpaired) electrons. The molecule has 3 rings (SSSR count). The van der Waals surface area contributed by atoms with Gasteiger partial charge in [0.2, 0.25) is 0 Å². The molecule has 0 bridgehead atoms. The topological polar surface area (TPSA) is 58.7 Å². The standard InChI is InChI=1S/C22H21N3O2/c1-2-24(17-19-6-4-3-5-7-19)21-12-8-18(9-13-21)16-23-20-10-14-22(15-11-20)25(26)27/h3-16H,2,17H2,1H3. The van der Waals surface area contributed by atoms with Gasteiger partial charge in [0.1, 0.15) is 0 Å². The van der Waals surface area contributed by atoms with Crippen LogP contribution in [-0.4, -0.2) is 17.7 Å². The molecular formula is C22H21N3O2. The van der Waals surface area contributed by atoms with Crippen LogP contribution in [0.25, 0.3) is 0 Å². The number of anilines is 1. The van der Waals surface area contributed by atoms with Crippen molar-refractivity contribution in [2.75, 3.05) is 11.4 Å². The van der Waals surface area contributed by atoms with E-state index in [1.165, 1.54) is 17.7 Å². The van der Waals surface area contributed by atoms with Crippen molar-refractivity contribution in [3.63, 3.8) is 0 Å². The Morgan fingerprint density at radius 3 is 2.22 bits per heavy atom. The number of hydrogen-bond acceptors (Lipinski definition) is 4. The fourth-order valence-corrected chi connectivity index (χ4v) is 2.77. The number of nitrogens with zero attached hydrogens (tertiary/aromatic N) is 3. The van der Waals surface area contributed by atoms with E-state index in [4.69, 9.17) is 0 Å². The highest BCUT2D eigenvalue weighted by Gasteiger charge is 2.05. The second kappa shape index (κ2) is 8.76. The van der Waals surface area contributed by atoms with Crippen LogP contribution >= 0.6 is 0 Å². The summed E-state index contributed by atoms with van der Waals surface area (Å²) in [7, 11) is 0. The highest BCUT2D eigenvalue weighted by Crippen LogP contribution is 2.20. The first kappa shape index (κ1) is 18.3. The van der Waals surface area contributed by atoms with Crippen LogP contribution in [0.1, 0.15) is 18.1 Å². The van der Waals surface area contributed by atoms with E-state index in [1.807, 2.05) is 18.2 Å². The van der Waals surface area contributed by atoms with Gasteiger partial charge in [0.15, 0.2) is 0 Å². The predicted octanol–water partition coefficient (Wildman–Crippen LogP) is 5.37. The van der Waals surface area contributed by atoms with Crippen molar-refractivity contribution >= 4 is 23.3 Å². The second-order valence-corrected chi connectivity index (χ2v) is 6.12. The van der Waals surface area contributed by atoms with Gasteiger partial charge in [-0.1, -0.05) is 42.5 Å². The molecule has 0 aliphatic carbocycles. The first-order valence-corrected chi connectivity index (χ1v) is 8.83. The van der Waals surface area contributed by atoms with Gasteiger partial charge in [-0.05, 0) is 42.3 Å². The summed E-state index contributed by atoms with van der Waals surface area (Å²) in [4.78, 5) is 17.0. The van der Waals surface area contributed by atoms with Gasteiger partial charge in [-0.3, -0.25) is 15.1 Å². The van der Waals surface area contributed by atoms with Crippen molar-refractivity contribution in [3.8, 4) is 0 Å². The van der Waals surface area contributed by atoms with Crippen LogP contribution < -0.4 is 4.90 Å². The molecule has 0 aliphatic rings. The van der Waals surface area contributed by atoms with E-state index in [0.717, 1.165) is 24.3 Å². The third-order valence-electron chi connectivity index (χ3n) is 4.28. The van der Waals surface area contributed by atoms with Gasteiger partial charge in [-0.2, -0.15) is 0 Å². The predicted molar refractivity (Wildman–Crippen MR) is 110 cm³/mol. The highest BCUT2D eigenvalue weighted by molar-refractivity contribution is 5.82. The van der Waals surface area contributed by atoms with E-state index in [-0.39, 0.29) is 5.69 Å². The molecule has 0 fully saturated rings. The minimum Gasteiger partial charge on any atom is -0.367 e. The Bertz CT molecular complexity index is 905. The van der Waals surface area contributed by atoms with Crippen molar-refractivity contribution in [1.82, 2.24) is 0 Å². The Kier molecular flexibility index (Phi) is 5.94. The van der Waals surface area contributed by atoms with E-state index in [1.54, 1.807) is 18.3 Å². The number of hydrogen-bond donors (Lipinski definition) is 0. The van der Waals surface area contributed by atoms with Crippen molar-refractivity contribution in [3.05, 3.63) is 100 Å². The number of nitro benzene ring substituents is 1. The minimum absolute atomic E-state index is 0.0661. The van der Waals surface area contributed by atoms with Gasteiger partial charge in [0, 0.05) is 37.1 Å². The molecule has 0 aromatic heterocycles. The van der Waals surface area contributed by atoms with Gasteiger partial charge in [0.25, 0.3) is 5.69 Å². The minimum atomic E-state index is -0.416. The first-order valence-electron chi connectivity index (χ1n) is 8.83. The smallest absolute Gasteiger partial charge is 0.269 e. The van der Waals surface area contributed by atoms with Gasteiger partial charge in [-0.25, -0.2) is 0 Å². The molecule has 0 spiro atoms. The van der Waals surface area contributed by atoms with Gasteiger partial charge in [0.05, 0.1) is 10.6 Å². The lowest BCUT2D eigenvalue weighted by Gasteiger charge is -2.23. The molecule has 0 saturated heterocycles. The monoisotopic (exact) mass is 359 g/mol. The zero-order chi connectivity index (χ0) is 19.1. The Morgan fingerprint density at radius 1 is 0.963 bits per heavy atom. The maximum Gasteiger partial charge on any atom is 0.269 e. The quantitative estimate of drug-likeness (QED) is 0.324. The maximum atomic E-state index is 10.7. The number of rotatable bonds is 7. The largest absolute Gasteiger partial charge is 0.367 e. The number of aliphatic imine (C=N–C) groups is 1. The molecule has 5 nitrogen and oxygen atoms in total. The molecule has 0 aliphatic heterocycles. The zero-order valence-electron chi connectivity index (χ0n) is 15.2. The lowest BCUT2D eigenvalue weighted by molar-refractivity contribution is -0.384. The molecule has 27 heavy (non-hydrogen) atoms. The molecule has 0 unspecified atom stereocenters. The van der Waals surface area contributed by atoms with Gasteiger partial charge in [-0.15, -0.1) is 0 Å². The lowest BCUT2D eigenvalue weighted by Crippen LogP contribution is -2.21. The van der Waals surface area contributed by atoms with E-state index in [9.17, 15) is 10.1 Å². The number of benzene rings is 3. The Morgan fingerprint density at radius 2 is 1.63 bits per heavy atom. The summed E-state index contributed by atoms with van der Waals surface area (Å²) in [6, 6.07) is 24.8. The van der Waals surface area contributed by atoms with Crippen molar-refractivity contribution in [2.24, 2.45) is 4.99 Å². The average molecular weight is 359 g/mol. The Hall–Kier alpha value is -3.47. The highest BCUT2D eigenvalue weighted by atomic mass is 16.6. The molecule has 0 atom stereocenters. The second-order valence-electron chi connectivity index (χ2n) is 6.12. The summed E-state index contributed by atoms with van der Waals surface area (Å²) in [5.74, 6) is 0. The molecule has 136 valence electrons. The molecule has 0 heterocycles. The fourth-order valence-electron chi connectivity index (χ4n) is 2.77. The summed E-state index contributed by atoms with van der Waals surface area (Å²) in [5.41, 5.74) is 4.17. The average Bonchev–Trinajstić information content (AvgIpc) is 2.72. The molecule has 0 N–H and O–H groups in total.